The van der Waals surface area contributed by atoms with Gasteiger partial charge in [0.2, 0.25) is 11.8 Å². The van der Waals surface area contributed by atoms with E-state index in [-0.39, 0.29) is 11.8 Å². The fourth-order valence-electron chi connectivity index (χ4n) is 3.53. The number of nitrogens with zero attached hydrogens (tertiary/aromatic N) is 2. The van der Waals surface area contributed by atoms with Crippen LogP contribution in [-0.2, 0) is 9.59 Å². The number of hydrogen-bond acceptors (Lipinski definition) is 3. The van der Waals surface area contributed by atoms with Gasteiger partial charge >= 0.3 is 0 Å². The van der Waals surface area contributed by atoms with E-state index >= 15 is 0 Å². The van der Waals surface area contributed by atoms with E-state index in [4.69, 9.17) is 16.3 Å². The van der Waals surface area contributed by atoms with Gasteiger partial charge in [0, 0.05) is 31.6 Å². The normalized spacial score (nSPS) is 15.1. The largest absolute Gasteiger partial charge is 0.494 e. The highest BCUT2D eigenvalue weighted by Crippen LogP contribution is 2.27. The number of carbonyl (C=O) groups is 2. The Bertz CT molecular complexity index is 811. The standard InChI is InChI=1S/C23H27ClN2O3/c1-25(15-7-17-29-20-13-11-19(24)12-14-20)23(28)22(18-8-3-2-4-9-18)26-16-6-5-10-21(26)27/h2-4,8-9,11-14,22H,5-7,10,15-17H2,1H3. The molecule has 0 N–H and O–H groups in total. The molecule has 1 aliphatic rings. The lowest BCUT2D eigenvalue weighted by atomic mass is 10.00. The van der Waals surface area contributed by atoms with Crippen LogP contribution in [0.2, 0.25) is 5.02 Å². The number of likely N-dealkylation sites (N-methyl/N-ethyl adjacent to an activating group) is 1. The molecule has 5 nitrogen and oxygen atoms in total. The van der Waals surface area contributed by atoms with Crippen molar-refractivity contribution in [1.82, 2.24) is 9.80 Å². The van der Waals surface area contributed by atoms with E-state index in [0.717, 1.165) is 24.2 Å². The second-order valence-electron chi connectivity index (χ2n) is 7.27. The number of amides is 2. The molecule has 29 heavy (non-hydrogen) atoms. The zero-order valence-electron chi connectivity index (χ0n) is 16.7. The van der Waals surface area contributed by atoms with Crippen LogP contribution < -0.4 is 4.74 Å². The molecule has 1 saturated heterocycles. The molecule has 1 atom stereocenters. The first-order chi connectivity index (χ1) is 14.1. The van der Waals surface area contributed by atoms with Crippen LogP contribution in [0.3, 0.4) is 0 Å². The fourth-order valence-corrected chi connectivity index (χ4v) is 3.66. The first-order valence-corrected chi connectivity index (χ1v) is 10.4. The Morgan fingerprint density at radius 2 is 1.86 bits per heavy atom. The molecular weight excluding hydrogens is 388 g/mol. The third kappa shape index (κ3) is 5.73. The first-order valence-electron chi connectivity index (χ1n) is 10.0. The van der Waals surface area contributed by atoms with Gasteiger partial charge in [-0.3, -0.25) is 9.59 Å². The van der Waals surface area contributed by atoms with E-state index in [2.05, 4.69) is 0 Å². The summed E-state index contributed by atoms with van der Waals surface area (Å²) >= 11 is 5.88. The Kier molecular flexibility index (Phi) is 7.53. The van der Waals surface area contributed by atoms with Crippen molar-refractivity contribution in [2.45, 2.75) is 31.7 Å². The number of rotatable bonds is 8. The van der Waals surface area contributed by atoms with Gasteiger partial charge < -0.3 is 14.5 Å². The van der Waals surface area contributed by atoms with Gasteiger partial charge in [-0.2, -0.15) is 0 Å². The fraction of sp³-hybridized carbons (Fsp3) is 0.391. The maximum Gasteiger partial charge on any atom is 0.249 e. The number of carbonyl (C=O) groups excluding carboxylic acids is 2. The van der Waals surface area contributed by atoms with E-state index in [1.807, 2.05) is 42.5 Å². The topological polar surface area (TPSA) is 49.9 Å². The van der Waals surface area contributed by atoms with E-state index in [1.165, 1.54) is 0 Å². The molecule has 2 aromatic rings. The highest BCUT2D eigenvalue weighted by molar-refractivity contribution is 6.30. The predicted molar refractivity (Wildman–Crippen MR) is 114 cm³/mol. The summed E-state index contributed by atoms with van der Waals surface area (Å²) in [6.07, 6.45) is 3.03. The first kappa shape index (κ1) is 21.2. The van der Waals surface area contributed by atoms with Gasteiger partial charge in [-0.25, -0.2) is 0 Å². The molecule has 0 saturated carbocycles. The Labute approximate surface area is 177 Å². The van der Waals surface area contributed by atoms with Crippen molar-refractivity contribution >= 4 is 23.4 Å². The van der Waals surface area contributed by atoms with Crippen molar-refractivity contribution in [3.8, 4) is 5.75 Å². The molecule has 2 amide bonds. The SMILES string of the molecule is CN(CCCOc1ccc(Cl)cc1)C(=O)C(c1ccccc1)N1CCCCC1=O. The Morgan fingerprint density at radius 1 is 1.14 bits per heavy atom. The van der Waals surface area contributed by atoms with Gasteiger partial charge in [-0.1, -0.05) is 41.9 Å². The average Bonchev–Trinajstić information content (AvgIpc) is 2.74. The Morgan fingerprint density at radius 3 is 2.55 bits per heavy atom. The van der Waals surface area contributed by atoms with E-state index in [9.17, 15) is 9.59 Å². The monoisotopic (exact) mass is 414 g/mol. The molecule has 1 fully saturated rings. The Hall–Kier alpha value is -2.53. The molecule has 154 valence electrons. The minimum Gasteiger partial charge on any atom is -0.494 e. The highest BCUT2D eigenvalue weighted by Gasteiger charge is 2.34. The number of ether oxygens (including phenoxy) is 1. The second-order valence-corrected chi connectivity index (χ2v) is 7.71. The van der Waals surface area contributed by atoms with Gasteiger partial charge in [-0.15, -0.1) is 0 Å². The molecule has 0 aromatic heterocycles. The molecule has 0 aliphatic carbocycles. The summed E-state index contributed by atoms with van der Waals surface area (Å²) in [6.45, 7) is 1.67. The maximum atomic E-state index is 13.3. The lowest BCUT2D eigenvalue weighted by molar-refractivity contribution is -0.147. The lowest BCUT2D eigenvalue weighted by Crippen LogP contribution is -2.46. The summed E-state index contributed by atoms with van der Waals surface area (Å²) in [4.78, 5) is 29.2. The van der Waals surface area contributed by atoms with Gasteiger partial charge in [0.1, 0.15) is 11.8 Å². The second kappa shape index (κ2) is 10.3. The zero-order valence-corrected chi connectivity index (χ0v) is 17.5. The smallest absolute Gasteiger partial charge is 0.249 e. The lowest BCUT2D eigenvalue weighted by Gasteiger charge is -2.36. The molecule has 1 heterocycles. The molecule has 0 spiro atoms. The number of halogens is 1. The van der Waals surface area contributed by atoms with Crippen molar-refractivity contribution in [2.75, 3.05) is 26.7 Å². The van der Waals surface area contributed by atoms with Crippen LogP contribution in [0.15, 0.2) is 54.6 Å². The zero-order chi connectivity index (χ0) is 20.6. The predicted octanol–water partition coefficient (Wildman–Crippen LogP) is 4.32. The third-order valence-corrected chi connectivity index (χ3v) is 5.37. The van der Waals surface area contributed by atoms with E-state index in [1.54, 1.807) is 29.0 Å². The molecule has 0 radical (unpaired) electrons. The molecule has 3 rings (SSSR count). The molecule has 1 aliphatic heterocycles. The number of hydrogen-bond donors (Lipinski definition) is 0. The van der Waals surface area contributed by atoms with Gasteiger partial charge in [-0.05, 0) is 49.1 Å². The molecule has 2 aromatic carbocycles. The number of benzene rings is 2. The van der Waals surface area contributed by atoms with Crippen molar-refractivity contribution in [3.63, 3.8) is 0 Å². The van der Waals surface area contributed by atoms with Gasteiger partial charge in [0.15, 0.2) is 0 Å². The van der Waals surface area contributed by atoms with Crippen molar-refractivity contribution in [1.29, 1.82) is 0 Å². The van der Waals surface area contributed by atoms with Crippen LogP contribution in [-0.4, -0.2) is 48.4 Å². The minimum atomic E-state index is -0.564. The number of piperidine rings is 1. The van der Waals surface area contributed by atoms with E-state index < -0.39 is 6.04 Å². The summed E-state index contributed by atoms with van der Waals surface area (Å²) in [5.74, 6) is 0.750. The quantitative estimate of drug-likeness (QED) is 0.604. The molecular formula is C23H27ClN2O3. The summed E-state index contributed by atoms with van der Waals surface area (Å²) in [5.41, 5.74) is 0.858. The van der Waals surface area contributed by atoms with Crippen molar-refractivity contribution < 1.29 is 14.3 Å². The van der Waals surface area contributed by atoms with Crippen LogP contribution >= 0.6 is 11.6 Å². The maximum absolute atomic E-state index is 13.3. The number of likely N-dealkylation sites (tertiary alicyclic amines) is 1. The summed E-state index contributed by atoms with van der Waals surface area (Å²) in [5, 5.41) is 0.668. The molecule has 0 bridgehead atoms. The van der Waals surface area contributed by atoms with Crippen molar-refractivity contribution in [2.24, 2.45) is 0 Å². The van der Waals surface area contributed by atoms with Gasteiger partial charge in [0.25, 0.3) is 0 Å². The van der Waals surface area contributed by atoms with Crippen molar-refractivity contribution in [3.05, 3.63) is 65.2 Å². The summed E-state index contributed by atoms with van der Waals surface area (Å²) < 4.78 is 5.71. The molecule has 6 heteroatoms. The van der Waals surface area contributed by atoms with Crippen LogP contribution in [0.25, 0.3) is 0 Å². The van der Waals surface area contributed by atoms with Crippen LogP contribution in [0.4, 0.5) is 0 Å². The highest BCUT2D eigenvalue weighted by atomic mass is 35.5. The van der Waals surface area contributed by atoms with Crippen LogP contribution in [0.5, 0.6) is 5.75 Å². The minimum absolute atomic E-state index is 0.0536. The molecule has 1 unspecified atom stereocenters. The summed E-state index contributed by atoms with van der Waals surface area (Å²) in [6, 6.07) is 16.2. The average molecular weight is 415 g/mol. The summed E-state index contributed by atoms with van der Waals surface area (Å²) in [7, 11) is 1.79. The Balaban J connectivity index is 1.60. The van der Waals surface area contributed by atoms with Gasteiger partial charge in [0.05, 0.1) is 6.61 Å². The van der Waals surface area contributed by atoms with E-state index in [0.29, 0.717) is 37.6 Å². The van der Waals surface area contributed by atoms with Crippen LogP contribution in [0, 0.1) is 0 Å². The third-order valence-electron chi connectivity index (χ3n) is 5.12. The van der Waals surface area contributed by atoms with Crippen LogP contribution in [0.1, 0.15) is 37.3 Å².